The molecule has 2 aromatic rings. The molecule has 1 N–H and O–H groups in total. The number of nitrogens with one attached hydrogen (secondary N) is 1. The van der Waals surface area contributed by atoms with Gasteiger partial charge in [0.15, 0.2) is 0 Å². The first-order chi connectivity index (χ1) is 11.9. The molecule has 132 valence electrons. The molecule has 6 nitrogen and oxygen atoms in total. The van der Waals surface area contributed by atoms with Gasteiger partial charge in [-0.2, -0.15) is 5.10 Å². The number of aryl methyl sites for hydroxylation is 2. The Morgan fingerprint density at radius 2 is 2.00 bits per heavy atom. The minimum Gasteiger partial charge on any atom is -0.352 e. The van der Waals surface area contributed by atoms with Gasteiger partial charge in [0, 0.05) is 30.4 Å². The van der Waals surface area contributed by atoms with Crippen molar-refractivity contribution < 1.29 is 9.59 Å². The van der Waals surface area contributed by atoms with Gasteiger partial charge in [0.2, 0.25) is 0 Å². The summed E-state index contributed by atoms with van der Waals surface area (Å²) in [6, 6.07) is 6.82. The molecule has 0 bridgehead atoms. The topological polar surface area (TPSA) is 67.2 Å². The molecule has 0 radical (unpaired) electrons. The lowest BCUT2D eigenvalue weighted by Gasteiger charge is -2.21. The number of benzene rings is 1. The average molecular weight is 361 g/mol. The number of anilines is 1. The van der Waals surface area contributed by atoms with E-state index in [0.29, 0.717) is 22.9 Å². The molecule has 0 spiro atoms. The maximum Gasteiger partial charge on any atom is 0.251 e. The maximum absolute atomic E-state index is 12.3. The van der Waals surface area contributed by atoms with Crippen LogP contribution >= 0.6 is 11.6 Å². The highest BCUT2D eigenvalue weighted by Gasteiger charge is 2.19. The molecular weight excluding hydrogens is 340 g/mol. The van der Waals surface area contributed by atoms with Gasteiger partial charge < -0.3 is 10.2 Å². The van der Waals surface area contributed by atoms with E-state index in [4.69, 9.17) is 11.6 Å². The molecule has 1 aromatic carbocycles. The predicted molar refractivity (Wildman–Crippen MR) is 98.8 cm³/mol. The minimum absolute atomic E-state index is 0.151. The summed E-state index contributed by atoms with van der Waals surface area (Å²) in [6.45, 7) is 8.08. The van der Waals surface area contributed by atoms with Gasteiger partial charge in [-0.3, -0.25) is 14.3 Å². The van der Waals surface area contributed by atoms with Crippen LogP contribution in [0.15, 0.2) is 36.9 Å². The molecule has 2 rings (SSSR count). The highest BCUT2D eigenvalue weighted by Crippen LogP contribution is 2.24. The fourth-order valence-electron chi connectivity index (χ4n) is 2.47. The number of carbonyl (C=O) groups is 2. The third-order valence-electron chi connectivity index (χ3n) is 3.81. The third kappa shape index (κ3) is 4.09. The lowest BCUT2D eigenvalue weighted by Crippen LogP contribution is -2.29. The highest BCUT2D eigenvalue weighted by molar-refractivity contribution is 6.30. The Hall–Kier alpha value is -2.60. The van der Waals surface area contributed by atoms with E-state index in [1.54, 1.807) is 40.9 Å². The van der Waals surface area contributed by atoms with Gasteiger partial charge in [0.25, 0.3) is 11.8 Å². The van der Waals surface area contributed by atoms with Gasteiger partial charge in [-0.05, 0) is 44.2 Å². The Labute approximate surface area is 152 Å². The number of hydrogen-bond acceptors (Lipinski definition) is 3. The number of nitrogens with zero attached hydrogens (tertiary/aromatic N) is 3. The molecule has 1 heterocycles. The summed E-state index contributed by atoms with van der Waals surface area (Å²) in [5, 5.41) is 7.49. The summed E-state index contributed by atoms with van der Waals surface area (Å²) in [7, 11) is 1.75. The molecule has 0 saturated heterocycles. The highest BCUT2D eigenvalue weighted by atomic mass is 35.5. The van der Waals surface area contributed by atoms with Crippen LogP contribution in [0, 0.1) is 6.92 Å². The lowest BCUT2D eigenvalue weighted by molar-refractivity contribution is -0.114. The molecule has 0 saturated carbocycles. The molecular formula is C18H21ClN4O2. The van der Waals surface area contributed by atoms with Crippen LogP contribution in [0.3, 0.4) is 0 Å². The minimum atomic E-state index is -0.259. The second-order valence-corrected chi connectivity index (χ2v) is 5.87. The van der Waals surface area contributed by atoms with E-state index in [2.05, 4.69) is 17.0 Å². The van der Waals surface area contributed by atoms with Gasteiger partial charge in [-0.25, -0.2) is 0 Å². The van der Waals surface area contributed by atoms with Crippen LogP contribution in [-0.4, -0.2) is 28.1 Å². The summed E-state index contributed by atoms with van der Waals surface area (Å²) >= 11 is 6.28. The zero-order valence-electron chi connectivity index (χ0n) is 14.5. The van der Waals surface area contributed by atoms with E-state index in [1.807, 2.05) is 13.8 Å². The number of carbonyl (C=O) groups excluding carboxylic acids is 2. The number of rotatable bonds is 6. The van der Waals surface area contributed by atoms with Crippen molar-refractivity contribution >= 4 is 29.1 Å². The van der Waals surface area contributed by atoms with Crippen molar-refractivity contribution in [1.29, 1.82) is 0 Å². The molecule has 0 atom stereocenters. The quantitative estimate of drug-likeness (QED) is 0.805. The van der Waals surface area contributed by atoms with E-state index in [9.17, 15) is 9.59 Å². The van der Waals surface area contributed by atoms with E-state index >= 15 is 0 Å². The Kier molecular flexibility index (Phi) is 5.98. The first kappa shape index (κ1) is 18.7. The van der Waals surface area contributed by atoms with Crippen molar-refractivity contribution in [3.63, 3.8) is 0 Å². The second kappa shape index (κ2) is 7.98. The van der Waals surface area contributed by atoms with Gasteiger partial charge in [0.1, 0.15) is 5.15 Å². The van der Waals surface area contributed by atoms with E-state index < -0.39 is 0 Å². The average Bonchev–Trinajstić information content (AvgIpc) is 2.85. The molecule has 0 aliphatic heterocycles. The molecule has 2 amide bonds. The van der Waals surface area contributed by atoms with Gasteiger partial charge in [-0.15, -0.1) is 0 Å². The van der Waals surface area contributed by atoms with E-state index in [-0.39, 0.29) is 18.4 Å². The van der Waals surface area contributed by atoms with Crippen molar-refractivity contribution in [2.24, 2.45) is 7.05 Å². The molecule has 7 heteroatoms. The van der Waals surface area contributed by atoms with Crippen LogP contribution in [0.25, 0.3) is 0 Å². The fourth-order valence-corrected chi connectivity index (χ4v) is 2.71. The summed E-state index contributed by atoms with van der Waals surface area (Å²) < 4.78 is 1.57. The predicted octanol–water partition coefficient (Wildman–Crippen LogP) is 2.85. The van der Waals surface area contributed by atoms with Crippen molar-refractivity contribution in [2.75, 3.05) is 11.4 Å². The van der Waals surface area contributed by atoms with Gasteiger partial charge >= 0.3 is 0 Å². The normalized spacial score (nSPS) is 10.4. The summed E-state index contributed by atoms with van der Waals surface area (Å²) in [6.07, 6.45) is 1.25. The number of halogens is 1. The fraction of sp³-hybridized carbons (Fsp3) is 0.278. The van der Waals surface area contributed by atoms with Crippen LogP contribution in [0.4, 0.5) is 5.69 Å². The lowest BCUT2D eigenvalue weighted by atomic mass is 10.1. The Balaban J connectivity index is 2.33. The number of hydrogen-bond donors (Lipinski definition) is 1. The van der Waals surface area contributed by atoms with Crippen molar-refractivity contribution in [1.82, 2.24) is 15.1 Å². The monoisotopic (exact) mass is 360 g/mol. The van der Waals surface area contributed by atoms with Crippen LogP contribution in [0.5, 0.6) is 0 Å². The number of amides is 2. The number of aromatic nitrogens is 2. The van der Waals surface area contributed by atoms with Gasteiger partial charge in [-0.1, -0.05) is 18.2 Å². The van der Waals surface area contributed by atoms with Crippen molar-refractivity contribution in [2.45, 2.75) is 20.4 Å². The molecule has 0 aliphatic rings. The van der Waals surface area contributed by atoms with Crippen LogP contribution in [0.2, 0.25) is 5.15 Å². The third-order valence-corrected chi connectivity index (χ3v) is 4.28. The molecule has 0 unspecified atom stereocenters. The smallest absolute Gasteiger partial charge is 0.251 e. The molecule has 0 aliphatic carbocycles. The van der Waals surface area contributed by atoms with Crippen LogP contribution in [-0.2, 0) is 18.4 Å². The SMILES string of the molecule is C=CC(=O)N(Cc1c(C)nn(C)c1Cl)c1ccc(C(=O)NCC)cc1. The summed E-state index contributed by atoms with van der Waals surface area (Å²) in [4.78, 5) is 25.7. The molecule has 1 aromatic heterocycles. The van der Waals surface area contributed by atoms with E-state index in [1.165, 1.54) is 6.08 Å². The Morgan fingerprint density at radius 1 is 1.36 bits per heavy atom. The molecule has 0 fully saturated rings. The summed E-state index contributed by atoms with van der Waals surface area (Å²) in [5.74, 6) is -0.410. The van der Waals surface area contributed by atoms with Gasteiger partial charge in [0.05, 0.1) is 12.2 Å². The maximum atomic E-state index is 12.3. The largest absolute Gasteiger partial charge is 0.352 e. The first-order valence-corrected chi connectivity index (χ1v) is 8.27. The van der Waals surface area contributed by atoms with Crippen molar-refractivity contribution in [3.8, 4) is 0 Å². The zero-order valence-corrected chi connectivity index (χ0v) is 15.3. The Bertz CT molecular complexity index is 796. The van der Waals surface area contributed by atoms with Crippen LogP contribution < -0.4 is 10.2 Å². The van der Waals surface area contributed by atoms with E-state index in [0.717, 1.165) is 11.3 Å². The van der Waals surface area contributed by atoms with Crippen LogP contribution in [0.1, 0.15) is 28.5 Å². The Morgan fingerprint density at radius 3 is 2.48 bits per heavy atom. The molecule has 25 heavy (non-hydrogen) atoms. The summed E-state index contributed by atoms with van der Waals surface area (Å²) in [5.41, 5.74) is 2.71. The first-order valence-electron chi connectivity index (χ1n) is 7.89. The standard InChI is InChI=1S/C18H21ClN4O2/c1-5-16(24)23(11-15-12(3)21-22(4)17(15)19)14-9-7-13(8-10-14)18(25)20-6-2/h5,7-10H,1,6,11H2,2-4H3,(H,20,25). The second-order valence-electron chi connectivity index (χ2n) is 5.51. The zero-order chi connectivity index (χ0) is 18.6. The van der Waals surface area contributed by atoms with Crippen molar-refractivity contribution in [3.05, 3.63) is 58.9 Å².